The Kier molecular flexibility index (Phi) is 19.0. The highest BCUT2D eigenvalue weighted by molar-refractivity contribution is 6.39. The van der Waals surface area contributed by atoms with E-state index in [0.717, 1.165) is 6.92 Å². The predicted octanol–water partition coefficient (Wildman–Crippen LogP) is 2.53. The van der Waals surface area contributed by atoms with Gasteiger partial charge in [-0.2, -0.15) is 0 Å². The predicted molar refractivity (Wildman–Crippen MR) is 356 cm³/mol. The van der Waals surface area contributed by atoms with Crippen LogP contribution in [0.15, 0.2) is 108 Å². The summed E-state index contributed by atoms with van der Waals surface area (Å²) < 4.78 is 36.9. The second-order valence-electron chi connectivity index (χ2n) is 28.6. The van der Waals surface area contributed by atoms with E-state index >= 15 is 0 Å². The number of aromatic hydroxyl groups is 2. The van der Waals surface area contributed by atoms with Gasteiger partial charge in [0, 0.05) is 58.9 Å². The van der Waals surface area contributed by atoms with Crippen molar-refractivity contribution in [1.29, 1.82) is 0 Å². The summed E-state index contributed by atoms with van der Waals surface area (Å²) in [7, 11) is 0. The number of aromatic amines is 1. The summed E-state index contributed by atoms with van der Waals surface area (Å²) in [6, 6.07) is 22.2. The quantitative estimate of drug-likeness (QED) is 0.0322. The van der Waals surface area contributed by atoms with Gasteiger partial charge in [0.05, 0.1) is 94.7 Å². The van der Waals surface area contributed by atoms with Crippen LogP contribution in [0.25, 0.3) is 43.6 Å². The zero-order chi connectivity index (χ0) is 73.9. The van der Waals surface area contributed by atoms with Crippen LogP contribution in [0.1, 0.15) is 117 Å². The van der Waals surface area contributed by atoms with E-state index in [1.54, 1.807) is 89.2 Å². The number of carbonyl (C=O) groups excluding carboxylic acids is 7. The molecule has 2 saturated carbocycles. The fourth-order valence-electron chi connectivity index (χ4n) is 16.0. The maximum absolute atomic E-state index is 14.9. The molecule has 3 aliphatic heterocycles. The number of imide groups is 1. The highest BCUT2D eigenvalue weighted by atomic mass is 16.6. The molecule has 0 unspecified atom stereocenters. The average Bonchev–Trinajstić information content (AvgIpc) is 0.815. The Hall–Kier alpha value is -8.99. The van der Waals surface area contributed by atoms with E-state index < -0.39 is 181 Å². The van der Waals surface area contributed by atoms with Crippen LogP contribution in [-0.4, -0.2) is 228 Å². The third kappa shape index (κ3) is 11.7. The zero-order valence-corrected chi connectivity index (χ0v) is 56.6. The molecule has 4 fully saturated rings. The summed E-state index contributed by atoms with van der Waals surface area (Å²) >= 11 is 0. The number of rotatable bonds is 14. The SMILES string of the molecule is CC(=O)O[C@@]12CO[C@@H]1C[C@H](O)[C@@]1(C)C(=O)[C@H](O)C3=C(C)[C@@H](OC(=O)[C@H](O)[C@@H](NC(=O)OC(C)(C)C)c4ccccc4)C[C@@](O)([C@@H](OC(=O)c4ccccc4)[C@H]21)C3(C)C.O=C1c2c(c3c4ccc(O)cc4n([C@@H]4O[C@H](CO)[C@@H](O)[C@H](O)[C@H]4O)c3c3[nH]c4cc(O)ccc4c23)C(=O)N1NC(CO)CO. The number of fused-ring (bicyclic) bond motifs is 15. The van der Waals surface area contributed by atoms with Crippen molar-refractivity contribution in [1.82, 2.24) is 25.3 Å². The van der Waals surface area contributed by atoms with Crippen LogP contribution >= 0.6 is 0 Å². The van der Waals surface area contributed by atoms with Gasteiger partial charge in [0.15, 0.2) is 23.7 Å². The molecule has 0 spiro atoms. The molecular formula is C72H81N5O25. The second kappa shape index (κ2) is 26.7. The van der Waals surface area contributed by atoms with Gasteiger partial charge in [-0.05, 0) is 87.7 Å². The number of aromatic nitrogens is 2. The van der Waals surface area contributed by atoms with Gasteiger partial charge in [-0.25, -0.2) is 24.8 Å². The number of aliphatic hydroxyl groups excluding tert-OH is 9. The molecule has 30 heteroatoms. The first-order valence-electron chi connectivity index (χ1n) is 33.1. The molecule has 0 radical (unpaired) electrons. The summed E-state index contributed by atoms with van der Waals surface area (Å²) in [5, 5.41) is 136. The zero-order valence-electron chi connectivity index (χ0n) is 56.6. The third-order valence-electron chi connectivity index (χ3n) is 21.0. The van der Waals surface area contributed by atoms with Crippen molar-refractivity contribution in [3.63, 3.8) is 0 Å². The van der Waals surface area contributed by atoms with E-state index in [2.05, 4.69) is 15.7 Å². The summed E-state index contributed by atoms with van der Waals surface area (Å²) in [6.45, 7) is 9.91. The number of nitrogens with zero attached hydrogens (tertiary/aromatic N) is 2. The highest BCUT2D eigenvalue weighted by Gasteiger charge is 2.78. The molecule has 2 bridgehead atoms. The summed E-state index contributed by atoms with van der Waals surface area (Å²) in [5.41, 5.74) is -4.54. The number of benzene rings is 5. The van der Waals surface area contributed by atoms with E-state index in [1.165, 1.54) is 60.9 Å². The van der Waals surface area contributed by atoms with Gasteiger partial charge in [0.25, 0.3) is 11.8 Å². The number of esters is 3. The van der Waals surface area contributed by atoms with E-state index in [0.29, 0.717) is 26.9 Å². The Balaban J connectivity index is 0.000000199. The topological polar surface area (TPSA) is 466 Å². The molecule has 3 aliphatic carbocycles. The molecule has 13 rings (SSSR count). The van der Waals surface area contributed by atoms with Gasteiger partial charge < -0.3 is 105 Å². The number of hydrogen-bond acceptors (Lipinski definition) is 26. The van der Waals surface area contributed by atoms with Crippen LogP contribution in [0.2, 0.25) is 0 Å². The third-order valence-corrected chi connectivity index (χ3v) is 21.0. The van der Waals surface area contributed by atoms with E-state index in [-0.39, 0.29) is 79.7 Å². The molecule has 6 aliphatic rings. The summed E-state index contributed by atoms with van der Waals surface area (Å²) in [6.07, 6.45) is -19.4. The molecule has 102 heavy (non-hydrogen) atoms. The Morgan fingerprint density at radius 3 is 2.01 bits per heavy atom. The van der Waals surface area contributed by atoms with E-state index in [4.69, 9.17) is 28.4 Å². The number of amides is 3. The van der Waals surface area contributed by atoms with E-state index in [9.17, 15) is 94.8 Å². The highest BCUT2D eigenvalue weighted by Crippen LogP contribution is 2.64. The van der Waals surface area contributed by atoms with Crippen molar-refractivity contribution < 1.29 is 123 Å². The number of ether oxygens (including phenoxy) is 6. The number of aliphatic hydroxyl groups is 10. The first-order valence-corrected chi connectivity index (χ1v) is 33.1. The molecular weight excluding hydrogens is 1330 g/mol. The first kappa shape index (κ1) is 72.8. The summed E-state index contributed by atoms with van der Waals surface area (Å²) in [4.78, 5) is 100. The molecule has 544 valence electrons. The standard InChI is InChI=1S/C43H53NO14.C29H28N4O11/c1-22-26(55-37(51)32(48)30(24-15-11-9-12-16-24)44-38(52)58-39(3,4)5)20-43(53)35(56-36(50)25-17-13-10-14-18-25)33-41(8,34(49)31(47)29(22)40(43,6)7)27(46)19-28-42(33,21-54-28)57-23(2)45;34-7-10(8-35)31-33-27(42)20-18-13-3-1-11(37)5-15(13)30-22(18)23-19(21(20)28(33)43)14-4-2-12(38)6-16(14)32(23)29-26(41)25(40)24(39)17(9-36)44-29/h9-18,26-28,30-33,35,46-48,53H,19-21H2,1-8H3,(H,44,52);1-6,10,17,24-26,29-31,34-41H,7-9H2/t26-,27-,28+,30-,31+,32+,33-,35-,41+,42-,43+;17-,24-,25+,26-,29-/m01/s1. The van der Waals surface area contributed by atoms with Crippen LogP contribution in [0, 0.1) is 16.7 Å². The number of phenols is 2. The lowest BCUT2D eigenvalue weighted by molar-refractivity contribution is -0.346. The number of alkyl carbamates (subject to hydrolysis) is 1. The number of H-pyrrole nitrogens is 1. The van der Waals surface area contributed by atoms with Crippen LogP contribution in [0.5, 0.6) is 11.5 Å². The van der Waals surface area contributed by atoms with Gasteiger partial charge >= 0.3 is 24.0 Å². The maximum Gasteiger partial charge on any atom is 0.408 e. The minimum atomic E-state index is -2.35. The van der Waals surface area contributed by atoms with Crippen LogP contribution < -0.4 is 10.7 Å². The van der Waals surface area contributed by atoms with Gasteiger partial charge in [-0.1, -0.05) is 62.4 Å². The number of Topliss-reactive ketones (excluding diaryl/α,β-unsaturated/α-hetero) is 1. The number of ketones is 1. The monoisotopic (exact) mass is 1420 g/mol. The molecule has 15 N–H and O–H groups in total. The lowest BCUT2D eigenvalue weighted by Crippen LogP contribution is -2.81. The molecule has 16 atom stereocenters. The molecule has 3 amide bonds. The average molecular weight is 1420 g/mol. The normalized spacial score (nSPS) is 29.6. The van der Waals surface area contributed by atoms with Crippen molar-refractivity contribution in [3.8, 4) is 11.5 Å². The van der Waals surface area contributed by atoms with Gasteiger partial charge in [-0.15, -0.1) is 0 Å². The molecule has 30 nitrogen and oxygen atoms in total. The molecule has 7 aromatic rings. The van der Waals surface area contributed by atoms with Crippen molar-refractivity contribution in [3.05, 3.63) is 130 Å². The van der Waals surface area contributed by atoms with Gasteiger partial charge in [-0.3, -0.25) is 19.2 Å². The van der Waals surface area contributed by atoms with Crippen molar-refractivity contribution >= 4 is 85.2 Å². The summed E-state index contributed by atoms with van der Waals surface area (Å²) in [5.74, 6) is -7.23. The number of phenolic OH excluding ortho intramolecular Hbond substituents is 2. The molecule has 5 aromatic carbocycles. The fraction of sp³-hybridized carbons (Fsp3) is 0.458. The lowest BCUT2D eigenvalue weighted by Gasteiger charge is -2.67. The Morgan fingerprint density at radius 2 is 1.41 bits per heavy atom. The maximum atomic E-state index is 14.9. The van der Waals surface area contributed by atoms with Crippen LogP contribution in [0.4, 0.5) is 4.79 Å². The number of carbonyl (C=O) groups is 7. The molecule has 2 saturated heterocycles. The number of hydrazine groups is 1. The largest absolute Gasteiger partial charge is 0.508 e. The minimum absolute atomic E-state index is 0.0162. The minimum Gasteiger partial charge on any atom is -0.508 e. The Bertz CT molecular complexity index is 4540. The van der Waals surface area contributed by atoms with Gasteiger partial charge in [0.1, 0.15) is 71.5 Å². The Labute approximate surface area is 581 Å². The van der Waals surface area contributed by atoms with Crippen LogP contribution in [-0.2, 0) is 42.8 Å². The van der Waals surface area contributed by atoms with Gasteiger partial charge in [0.2, 0.25) is 0 Å². The van der Waals surface area contributed by atoms with Crippen molar-refractivity contribution in [2.24, 2.45) is 16.7 Å². The second-order valence-corrected chi connectivity index (χ2v) is 28.6. The molecule has 5 heterocycles. The molecule has 2 aromatic heterocycles. The van der Waals surface area contributed by atoms with E-state index in [1.807, 2.05) is 0 Å². The Morgan fingerprint density at radius 1 is 0.794 bits per heavy atom. The first-order chi connectivity index (χ1) is 48.1. The lowest BCUT2D eigenvalue weighted by atomic mass is 9.44. The number of nitrogens with one attached hydrogen (secondary N) is 3. The van der Waals surface area contributed by atoms with Crippen molar-refractivity contribution in [2.75, 3.05) is 26.4 Å². The number of hydrogen-bond donors (Lipinski definition) is 15. The fourth-order valence-corrected chi connectivity index (χ4v) is 16.0. The van der Waals surface area contributed by atoms with Crippen molar-refractivity contribution in [2.45, 2.75) is 164 Å². The smallest absolute Gasteiger partial charge is 0.408 e. The van der Waals surface area contributed by atoms with Crippen LogP contribution in [0.3, 0.4) is 0 Å².